The molecule has 0 radical (unpaired) electrons. The lowest BCUT2D eigenvalue weighted by Crippen LogP contribution is -2.24. The van der Waals surface area contributed by atoms with E-state index in [1.165, 1.54) is 25.7 Å². The first-order valence-electron chi connectivity index (χ1n) is 8.68. The zero-order chi connectivity index (χ0) is 16.7. The number of hydrazone groups is 1. The maximum atomic E-state index is 12.4. The molecule has 3 atom stereocenters. The largest absolute Gasteiger partial charge is 0.507 e. The Bertz CT molecular complexity index is 827. The molecule has 4 nitrogen and oxygen atoms in total. The van der Waals surface area contributed by atoms with Gasteiger partial charge in [-0.2, -0.15) is 5.10 Å². The Morgan fingerprint density at radius 3 is 2.58 bits per heavy atom. The van der Waals surface area contributed by atoms with Crippen LogP contribution in [-0.2, 0) is 0 Å². The van der Waals surface area contributed by atoms with Crippen molar-refractivity contribution in [3.05, 3.63) is 42.0 Å². The number of fused-ring (bicyclic) bond motifs is 3. The van der Waals surface area contributed by atoms with E-state index in [9.17, 15) is 9.90 Å². The van der Waals surface area contributed by atoms with Crippen LogP contribution < -0.4 is 5.43 Å². The van der Waals surface area contributed by atoms with Gasteiger partial charge in [0.25, 0.3) is 5.91 Å². The van der Waals surface area contributed by atoms with Gasteiger partial charge in [-0.05, 0) is 60.9 Å². The predicted octanol–water partition coefficient (Wildman–Crippen LogP) is 4.09. The second-order valence-corrected chi connectivity index (χ2v) is 7.19. The minimum Gasteiger partial charge on any atom is -0.507 e. The van der Waals surface area contributed by atoms with Crippen molar-refractivity contribution in [3.63, 3.8) is 0 Å². The van der Waals surface area contributed by atoms with E-state index in [-0.39, 0.29) is 17.2 Å². The highest BCUT2D eigenvalue weighted by molar-refractivity contribution is 6.02. The smallest absolute Gasteiger partial charge is 0.275 e. The summed E-state index contributed by atoms with van der Waals surface area (Å²) in [4.78, 5) is 12.4. The first-order valence-corrected chi connectivity index (χ1v) is 8.68. The van der Waals surface area contributed by atoms with Crippen LogP contribution in [0.4, 0.5) is 0 Å². The van der Waals surface area contributed by atoms with Gasteiger partial charge in [0.15, 0.2) is 0 Å². The zero-order valence-electron chi connectivity index (χ0n) is 13.8. The monoisotopic (exact) mass is 322 g/mol. The molecule has 2 aromatic carbocycles. The molecule has 0 saturated heterocycles. The van der Waals surface area contributed by atoms with E-state index >= 15 is 0 Å². The third-order valence-corrected chi connectivity index (χ3v) is 5.72. The Kier molecular flexibility index (Phi) is 3.75. The van der Waals surface area contributed by atoms with E-state index in [1.807, 2.05) is 31.2 Å². The van der Waals surface area contributed by atoms with Gasteiger partial charge in [0.2, 0.25) is 0 Å². The lowest BCUT2D eigenvalue weighted by Gasteiger charge is -2.21. The summed E-state index contributed by atoms with van der Waals surface area (Å²) in [7, 11) is 0. The molecule has 2 aliphatic rings. The van der Waals surface area contributed by atoms with Crippen molar-refractivity contribution in [1.82, 2.24) is 5.43 Å². The number of phenols is 1. The molecule has 2 N–H and O–H groups in total. The Morgan fingerprint density at radius 1 is 1.17 bits per heavy atom. The summed E-state index contributed by atoms with van der Waals surface area (Å²) in [5.41, 5.74) is 3.90. The van der Waals surface area contributed by atoms with Crippen molar-refractivity contribution in [2.45, 2.75) is 32.6 Å². The highest BCUT2D eigenvalue weighted by atomic mass is 16.3. The zero-order valence-corrected chi connectivity index (χ0v) is 13.8. The van der Waals surface area contributed by atoms with Crippen LogP contribution in [0.3, 0.4) is 0 Å². The van der Waals surface area contributed by atoms with Gasteiger partial charge in [0.1, 0.15) is 5.75 Å². The average molecular weight is 322 g/mol. The summed E-state index contributed by atoms with van der Waals surface area (Å²) >= 11 is 0. The van der Waals surface area contributed by atoms with Gasteiger partial charge in [-0.1, -0.05) is 30.7 Å². The minimum absolute atomic E-state index is 0.0148. The van der Waals surface area contributed by atoms with Crippen molar-refractivity contribution in [2.24, 2.45) is 22.9 Å². The Balaban J connectivity index is 1.52. The van der Waals surface area contributed by atoms with Gasteiger partial charge in [-0.3, -0.25) is 4.79 Å². The van der Waals surface area contributed by atoms with Crippen molar-refractivity contribution in [3.8, 4) is 5.75 Å². The second-order valence-electron chi connectivity index (χ2n) is 7.19. The summed E-state index contributed by atoms with van der Waals surface area (Å²) in [6, 6.07) is 11.0. The average Bonchev–Trinajstić information content (AvgIpc) is 3.22. The molecular formula is C20H22N2O2. The predicted molar refractivity (Wildman–Crippen MR) is 95.1 cm³/mol. The molecule has 1 amide bonds. The maximum Gasteiger partial charge on any atom is 0.275 e. The highest BCUT2D eigenvalue weighted by Gasteiger charge is 2.40. The number of amides is 1. The summed E-state index contributed by atoms with van der Waals surface area (Å²) in [5.74, 6) is 1.73. The van der Waals surface area contributed by atoms with Crippen LogP contribution in [0, 0.1) is 17.8 Å². The molecule has 2 aliphatic carbocycles. The number of carbonyl (C=O) groups excluding carboxylic acids is 1. The quantitative estimate of drug-likeness (QED) is 0.660. The summed E-state index contributed by atoms with van der Waals surface area (Å²) in [5, 5.41) is 16.3. The molecule has 124 valence electrons. The minimum atomic E-state index is -0.360. The van der Waals surface area contributed by atoms with Gasteiger partial charge in [-0.25, -0.2) is 5.43 Å². The maximum absolute atomic E-state index is 12.4. The van der Waals surface area contributed by atoms with Gasteiger partial charge >= 0.3 is 0 Å². The topological polar surface area (TPSA) is 61.7 Å². The van der Waals surface area contributed by atoms with Crippen molar-refractivity contribution in [1.29, 1.82) is 0 Å². The lowest BCUT2D eigenvalue weighted by atomic mass is 9.86. The van der Waals surface area contributed by atoms with E-state index in [0.717, 1.165) is 28.3 Å². The van der Waals surface area contributed by atoms with E-state index < -0.39 is 0 Å². The first-order chi connectivity index (χ1) is 11.6. The van der Waals surface area contributed by atoms with Crippen molar-refractivity contribution in [2.75, 3.05) is 0 Å². The van der Waals surface area contributed by atoms with Crippen LogP contribution in [0.25, 0.3) is 10.8 Å². The second kappa shape index (κ2) is 5.93. The Hall–Kier alpha value is -2.36. The van der Waals surface area contributed by atoms with Crippen LogP contribution in [0.2, 0.25) is 0 Å². The van der Waals surface area contributed by atoms with Crippen LogP contribution in [-0.4, -0.2) is 16.7 Å². The number of carbonyl (C=O) groups is 1. The fraction of sp³-hybridized carbons (Fsp3) is 0.400. The van der Waals surface area contributed by atoms with Crippen LogP contribution in [0.5, 0.6) is 5.75 Å². The van der Waals surface area contributed by atoms with Crippen LogP contribution in [0.15, 0.2) is 41.5 Å². The molecule has 2 bridgehead atoms. The van der Waals surface area contributed by atoms with Gasteiger partial charge in [0, 0.05) is 11.6 Å². The molecule has 0 heterocycles. The van der Waals surface area contributed by atoms with Crippen LogP contribution >= 0.6 is 0 Å². The molecule has 3 unspecified atom stereocenters. The molecule has 24 heavy (non-hydrogen) atoms. The summed E-state index contributed by atoms with van der Waals surface area (Å²) in [6.45, 7) is 2.01. The van der Waals surface area contributed by atoms with E-state index in [4.69, 9.17) is 0 Å². The van der Waals surface area contributed by atoms with Gasteiger partial charge in [0.05, 0.1) is 5.56 Å². The molecule has 0 aliphatic heterocycles. The van der Waals surface area contributed by atoms with E-state index in [0.29, 0.717) is 5.92 Å². The third kappa shape index (κ3) is 2.66. The van der Waals surface area contributed by atoms with Crippen LogP contribution in [0.1, 0.15) is 43.0 Å². The fourth-order valence-electron chi connectivity index (χ4n) is 4.45. The molecule has 2 fully saturated rings. The molecule has 2 saturated carbocycles. The van der Waals surface area contributed by atoms with Crippen molar-refractivity contribution >= 4 is 22.4 Å². The number of phenolic OH excluding ortho intramolecular Hbond substituents is 1. The fourth-order valence-corrected chi connectivity index (χ4v) is 4.45. The van der Waals surface area contributed by atoms with Gasteiger partial charge < -0.3 is 5.11 Å². The summed E-state index contributed by atoms with van der Waals surface area (Å²) < 4.78 is 0. The molecule has 4 heteroatoms. The number of nitrogens with one attached hydrogen (secondary N) is 1. The van der Waals surface area contributed by atoms with E-state index in [2.05, 4.69) is 10.5 Å². The van der Waals surface area contributed by atoms with E-state index in [1.54, 1.807) is 12.1 Å². The molecular weight excluding hydrogens is 300 g/mol. The third-order valence-electron chi connectivity index (χ3n) is 5.72. The SMILES string of the molecule is CC(=NNC(=O)c1cc2ccccc2cc1O)C1CC2CCC1C2. The molecule has 0 aromatic heterocycles. The van der Waals surface area contributed by atoms with Gasteiger partial charge in [-0.15, -0.1) is 0 Å². The number of benzene rings is 2. The Morgan fingerprint density at radius 2 is 1.92 bits per heavy atom. The first kappa shape index (κ1) is 15.2. The van der Waals surface area contributed by atoms with Crippen molar-refractivity contribution < 1.29 is 9.90 Å². The highest BCUT2D eigenvalue weighted by Crippen LogP contribution is 2.48. The number of aromatic hydroxyl groups is 1. The number of nitrogens with zero attached hydrogens (tertiary/aromatic N) is 1. The number of hydrogen-bond acceptors (Lipinski definition) is 3. The Labute approximate surface area is 141 Å². The lowest BCUT2D eigenvalue weighted by molar-refractivity contribution is 0.0952. The molecule has 4 rings (SSSR count). The number of rotatable bonds is 3. The standard InChI is InChI=1S/C20H22N2O2/c1-12(17-9-13-6-7-16(17)8-13)21-22-20(24)18-10-14-4-2-3-5-15(14)11-19(18)23/h2-5,10-11,13,16-17,23H,6-9H2,1H3,(H,22,24). The molecule has 2 aromatic rings. The number of hydrogen-bond donors (Lipinski definition) is 2. The summed E-state index contributed by atoms with van der Waals surface area (Å²) in [6.07, 6.45) is 5.17. The molecule has 0 spiro atoms. The normalized spacial score (nSPS) is 26.0.